The van der Waals surface area contributed by atoms with Crippen LogP contribution >= 0.6 is 0 Å². The number of hydrogen-bond donors (Lipinski definition) is 0. The minimum absolute atomic E-state index is 0.178. The van der Waals surface area contributed by atoms with E-state index in [1.165, 1.54) is 12.4 Å². The van der Waals surface area contributed by atoms with Crippen molar-refractivity contribution in [2.75, 3.05) is 6.79 Å². The Balaban J connectivity index is 2.31. The van der Waals surface area contributed by atoms with Crippen molar-refractivity contribution in [3.8, 4) is 0 Å². The molecule has 0 atom stereocenters. The summed E-state index contributed by atoms with van der Waals surface area (Å²) in [5, 5.41) is 11.4. The second-order valence-corrected chi connectivity index (χ2v) is 2.17. The maximum Gasteiger partial charge on any atom is 0.230 e. The summed E-state index contributed by atoms with van der Waals surface area (Å²) < 4.78 is 9.91. The molecule has 0 saturated carbocycles. The standard InChI is InChI=1S/C7H6NO3/c9-8-2-1-6-4-10-5-11-7(6)3-8/h1-4H,5H2/q-1. The summed E-state index contributed by atoms with van der Waals surface area (Å²) in [5.41, 5.74) is 0.795. The predicted octanol–water partition coefficient (Wildman–Crippen LogP) is 1.04. The molecular formula is C7H6NO3-. The number of nitrogens with zero attached hydrogens (tertiary/aromatic N) is 1. The summed E-state index contributed by atoms with van der Waals surface area (Å²) in [6, 6.07) is 0. The third-order valence-electron chi connectivity index (χ3n) is 1.42. The van der Waals surface area contributed by atoms with Crippen LogP contribution in [0.1, 0.15) is 0 Å². The van der Waals surface area contributed by atoms with Crippen LogP contribution in [0.25, 0.3) is 0 Å². The molecule has 0 aromatic carbocycles. The molecule has 0 aromatic heterocycles. The molecule has 11 heavy (non-hydrogen) atoms. The average Bonchev–Trinajstić information content (AvgIpc) is 2.04. The minimum atomic E-state index is 0.178. The van der Waals surface area contributed by atoms with Crippen LogP contribution in [0.4, 0.5) is 0 Å². The van der Waals surface area contributed by atoms with Crippen LogP contribution in [-0.4, -0.2) is 11.9 Å². The largest absolute Gasteiger partial charge is 0.755 e. The Bertz CT molecular complexity index is 254. The van der Waals surface area contributed by atoms with E-state index in [4.69, 9.17) is 9.47 Å². The summed E-state index contributed by atoms with van der Waals surface area (Å²) in [4.78, 5) is 0. The molecule has 0 unspecified atom stereocenters. The van der Waals surface area contributed by atoms with Gasteiger partial charge in [-0.2, -0.15) is 0 Å². The molecule has 0 N–H and O–H groups in total. The zero-order chi connectivity index (χ0) is 7.68. The Morgan fingerprint density at radius 3 is 3.36 bits per heavy atom. The fraction of sp³-hybridized carbons (Fsp3) is 0.143. The highest BCUT2D eigenvalue weighted by atomic mass is 16.7. The number of ether oxygens (including phenoxy) is 2. The average molecular weight is 152 g/mol. The third kappa shape index (κ3) is 1.08. The highest BCUT2D eigenvalue weighted by Gasteiger charge is 2.11. The van der Waals surface area contributed by atoms with Gasteiger partial charge in [0.25, 0.3) is 0 Å². The molecule has 0 aromatic rings. The zero-order valence-electron chi connectivity index (χ0n) is 5.69. The Morgan fingerprint density at radius 2 is 2.45 bits per heavy atom. The van der Waals surface area contributed by atoms with Crippen molar-refractivity contribution < 1.29 is 9.47 Å². The van der Waals surface area contributed by atoms with Crippen LogP contribution < -0.4 is 0 Å². The van der Waals surface area contributed by atoms with Gasteiger partial charge in [0.05, 0.1) is 11.8 Å². The first kappa shape index (κ1) is 6.30. The normalized spacial score (nSPS) is 21.0. The van der Waals surface area contributed by atoms with Crippen molar-refractivity contribution in [2.45, 2.75) is 0 Å². The molecule has 2 aliphatic heterocycles. The van der Waals surface area contributed by atoms with E-state index in [1.54, 1.807) is 12.3 Å². The highest BCUT2D eigenvalue weighted by molar-refractivity contribution is 5.38. The van der Waals surface area contributed by atoms with Crippen molar-refractivity contribution in [1.29, 1.82) is 0 Å². The fourth-order valence-electron chi connectivity index (χ4n) is 0.908. The van der Waals surface area contributed by atoms with Gasteiger partial charge in [-0.1, -0.05) is 0 Å². The molecule has 58 valence electrons. The van der Waals surface area contributed by atoms with Gasteiger partial charge in [-0.05, 0) is 12.3 Å². The predicted molar refractivity (Wildman–Crippen MR) is 37.5 cm³/mol. The summed E-state index contributed by atoms with van der Waals surface area (Å²) in [5.74, 6) is 0.564. The minimum Gasteiger partial charge on any atom is -0.755 e. The molecule has 2 aliphatic rings. The molecule has 0 bridgehead atoms. The summed E-state index contributed by atoms with van der Waals surface area (Å²) in [6.07, 6.45) is 5.97. The van der Waals surface area contributed by atoms with E-state index in [9.17, 15) is 5.21 Å². The maximum atomic E-state index is 10.7. The first-order chi connectivity index (χ1) is 5.36. The molecule has 0 amide bonds. The molecule has 0 radical (unpaired) electrons. The van der Waals surface area contributed by atoms with E-state index >= 15 is 0 Å². The van der Waals surface area contributed by atoms with Gasteiger partial charge in [-0.15, -0.1) is 0 Å². The van der Waals surface area contributed by atoms with Gasteiger partial charge < -0.3 is 19.7 Å². The highest BCUT2D eigenvalue weighted by Crippen LogP contribution is 2.21. The van der Waals surface area contributed by atoms with Crippen LogP contribution in [0, 0.1) is 5.21 Å². The van der Waals surface area contributed by atoms with Crippen LogP contribution in [0.2, 0.25) is 0 Å². The molecule has 2 heterocycles. The number of fused-ring (bicyclic) bond motifs is 1. The van der Waals surface area contributed by atoms with Gasteiger partial charge in [0.2, 0.25) is 6.79 Å². The zero-order valence-corrected chi connectivity index (χ0v) is 5.69. The van der Waals surface area contributed by atoms with Gasteiger partial charge in [-0.25, -0.2) is 0 Å². The molecule has 0 aliphatic carbocycles. The lowest BCUT2D eigenvalue weighted by Crippen LogP contribution is -2.12. The lowest BCUT2D eigenvalue weighted by molar-refractivity contribution is 0.0146. The number of hydrogen-bond acceptors (Lipinski definition) is 4. The van der Waals surface area contributed by atoms with E-state index in [2.05, 4.69) is 0 Å². The molecule has 0 spiro atoms. The first-order valence-corrected chi connectivity index (χ1v) is 3.17. The van der Waals surface area contributed by atoms with Crippen molar-refractivity contribution in [1.82, 2.24) is 5.06 Å². The smallest absolute Gasteiger partial charge is 0.230 e. The van der Waals surface area contributed by atoms with Gasteiger partial charge in [0.1, 0.15) is 5.76 Å². The van der Waals surface area contributed by atoms with Crippen LogP contribution in [0.3, 0.4) is 0 Å². The van der Waals surface area contributed by atoms with Crippen molar-refractivity contribution >= 4 is 0 Å². The van der Waals surface area contributed by atoms with Gasteiger partial charge >= 0.3 is 0 Å². The molecule has 0 saturated heterocycles. The molecular weight excluding hydrogens is 146 g/mol. The van der Waals surface area contributed by atoms with Gasteiger partial charge in [0, 0.05) is 6.20 Å². The van der Waals surface area contributed by atoms with Crippen molar-refractivity contribution in [3.05, 3.63) is 41.3 Å². The molecule has 4 heteroatoms. The van der Waals surface area contributed by atoms with Crippen LogP contribution in [0.5, 0.6) is 0 Å². The molecule has 4 nitrogen and oxygen atoms in total. The summed E-state index contributed by atoms with van der Waals surface area (Å²) >= 11 is 0. The Kier molecular flexibility index (Phi) is 1.33. The summed E-state index contributed by atoms with van der Waals surface area (Å²) in [7, 11) is 0. The second-order valence-electron chi connectivity index (χ2n) is 2.17. The van der Waals surface area contributed by atoms with Crippen molar-refractivity contribution in [2.24, 2.45) is 0 Å². The first-order valence-electron chi connectivity index (χ1n) is 3.17. The van der Waals surface area contributed by atoms with Crippen molar-refractivity contribution in [3.63, 3.8) is 0 Å². The lowest BCUT2D eigenvalue weighted by Gasteiger charge is -2.28. The Morgan fingerprint density at radius 1 is 1.55 bits per heavy atom. The number of allylic oxidation sites excluding steroid dienone is 1. The van der Waals surface area contributed by atoms with Crippen LogP contribution in [0.15, 0.2) is 36.1 Å². The number of rotatable bonds is 0. The van der Waals surface area contributed by atoms with Crippen LogP contribution in [-0.2, 0) is 9.47 Å². The second kappa shape index (κ2) is 2.32. The monoisotopic (exact) mass is 152 g/mol. The lowest BCUT2D eigenvalue weighted by atomic mass is 10.2. The quantitative estimate of drug-likeness (QED) is 0.520. The topological polar surface area (TPSA) is 44.8 Å². The molecule has 2 rings (SSSR count). The maximum absolute atomic E-state index is 10.7. The third-order valence-corrected chi connectivity index (χ3v) is 1.42. The fourth-order valence-corrected chi connectivity index (χ4v) is 0.908. The van der Waals surface area contributed by atoms with E-state index in [0.29, 0.717) is 10.8 Å². The van der Waals surface area contributed by atoms with E-state index in [0.717, 1.165) is 5.57 Å². The van der Waals surface area contributed by atoms with E-state index in [-0.39, 0.29) is 6.79 Å². The van der Waals surface area contributed by atoms with Gasteiger partial charge in [0.15, 0.2) is 0 Å². The van der Waals surface area contributed by atoms with Gasteiger partial charge in [-0.3, -0.25) is 0 Å². The number of hydroxylamine groups is 2. The Hall–Kier alpha value is -1.42. The molecule has 0 fully saturated rings. The van der Waals surface area contributed by atoms with E-state index < -0.39 is 0 Å². The van der Waals surface area contributed by atoms with E-state index in [1.807, 2.05) is 0 Å². The Labute approximate surface area is 63.6 Å². The summed E-state index contributed by atoms with van der Waals surface area (Å²) in [6.45, 7) is 0.178. The SMILES string of the molecule is [O-]N1C=CC2=COCOC2=C1.